The van der Waals surface area contributed by atoms with Crippen LogP contribution >= 0.6 is 19.5 Å². The molecular weight excluding hydrogens is 337 g/mol. The lowest BCUT2D eigenvalue weighted by molar-refractivity contribution is -0.0115. The molecule has 0 aliphatic carbocycles. The zero-order valence-corrected chi connectivity index (χ0v) is 13.3. The van der Waals surface area contributed by atoms with Crippen molar-refractivity contribution in [3.8, 4) is 12.5 Å². The van der Waals surface area contributed by atoms with Gasteiger partial charge in [0.1, 0.15) is 36.2 Å². The molecule has 0 amide bonds. The van der Waals surface area contributed by atoms with E-state index in [2.05, 4.69) is 27.6 Å². The van der Waals surface area contributed by atoms with Crippen LogP contribution in [0.1, 0.15) is 0 Å². The molecule has 2 N–H and O–H groups in total. The quantitative estimate of drug-likeness (QED) is 0.627. The Morgan fingerprint density at radius 2 is 2.41 bits per heavy atom. The number of nitrogens with two attached hydrogens (primary N) is 1. The van der Waals surface area contributed by atoms with E-state index in [0.717, 1.165) is 0 Å². The first-order valence-electron chi connectivity index (χ1n) is 5.91. The molecule has 0 bridgehead atoms. The standard InChI is InChI=1S/C9H14N3O5P.C2HClO/c1-15-18(14)6-16-7(5-17-18)4-12-3-2-8(10)11-9(12)13;1-2-4-3/h2-3,7H,4-6H2,1H3,(H2,10,11,13);1H. The number of terminal acetylenes is 1. The molecule has 1 aromatic heterocycles. The van der Waals surface area contributed by atoms with Crippen molar-refractivity contribution in [1.29, 1.82) is 0 Å². The maximum Gasteiger partial charge on any atom is 0.355 e. The van der Waals surface area contributed by atoms with E-state index in [9.17, 15) is 9.36 Å². The Bertz CT molecular complexity index is 619. The maximum absolute atomic E-state index is 11.6. The van der Waals surface area contributed by atoms with Gasteiger partial charge in [0.15, 0.2) is 0 Å². The molecule has 1 aromatic rings. The highest BCUT2D eigenvalue weighted by atomic mass is 35.5. The maximum atomic E-state index is 11.6. The summed E-state index contributed by atoms with van der Waals surface area (Å²) in [6.45, 7) is 0.359. The Labute approximate surface area is 132 Å². The third kappa shape index (κ3) is 5.67. The third-order valence-corrected chi connectivity index (χ3v) is 4.20. The Hall–Kier alpha value is -1.56. The summed E-state index contributed by atoms with van der Waals surface area (Å²) in [5.74, 6) is 0.168. The van der Waals surface area contributed by atoms with Gasteiger partial charge in [-0.3, -0.25) is 9.13 Å². The lowest BCUT2D eigenvalue weighted by Crippen LogP contribution is -2.35. The molecule has 2 unspecified atom stereocenters. The molecule has 1 aliphatic rings. The van der Waals surface area contributed by atoms with Crippen LogP contribution in [0.15, 0.2) is 17.1 Å². The fourth-order valence-corrected chi connectivity index (χ4v) is 2.56. The van der Waals surface area contributed by atoms with Crippen LogP contribution < -0.4 is 11.4 Å². The molecule has 2 heterocycles. The van der Waals surface area contributed by atoms with Gasteiger partial charge in [0.2, 0.25) is 0 Å². The van der Waals surface area contributed by atoms with Crippen molar-refractivity contribution < 1.29 is 22.6 Å². The van der Waals surface area contributed by atoms with E-state index < -0.39 is 13.3 Å². The van der Waals surface area contributed by atoms with Gasteiger partial charge >= 0.3 is 13.3 Å². The Morgan fingerprint density at radius 3 is 2.86 bits per heavy atom. The number of anilines is 1. The molecule has 1 fully saturated rings. The van der Waals surface area contributed by atoms with E-state index in [4.69, 9.17) is 19.5 Å². The summed E-state index contributed by atoms with van der Waals surface area (Å²) in [5.41, 5.74) is 4.92. The fraction of sp³-hybridized carbons (Fsp3) is 0.455. The first kappa shape index (κ1) is 18.5. The minimum Gasteiger partial charge on any atom is -0.383 e. The number of aromatic nitrogens is 2. The lowest BCUT2D eigenvalue weighted by Gasteiger charge is -2.28. The Balaban J connectivity index is 0.000000541. The normalized spacial score (nSPS) is 23.8. The van der Waals surface area contributed by atoms with Gasteiger partial charge in [0.25, 0.3) is 0 Å². The smallest absolute Gasteiger partial charge is 0.355 e. The molecule has 2 rings (SSSR count). The van der Waals surface area contributed by atoms with E-state index in [1.807, 2.05) is 0 Å². The second kappa shape index (κ2) is 8.78. The number of halogens is 1. The molecule has 2 atom stereocenters. The van der Waals surface area contributed by atoms with E-state index in [1.165, 1.54) is 23.9 Å². The molecule has 1 saturated heterocycles. The summed E-state index contributed by atoms with van der Waals surface area (Å²) >= 11 is 4.45. The van der Waals surface area contributed by atoms with Crippen LogP contribution in [0.4, 0.5) is 5.82 Å². The monoisotopic (exact) mass is 351 g/mol. The number of hydrogen-bond acceptors (Lipinski definition) is 8. The van der Waals surface area contributed by atoms with Crippen molar-refractivity contribution >= 4 is 25.3 Å². The summed E-state index contributed by atoms with van der Waals surface area (Å²) in [7, 11) is -1.80. The number of rotatable bonds is 3. The Morgan fingerprint density at radius 1 is 1.73 bits per heavy atom. The van der Waals surface area contributed by atoms with Gasteiger partial charge in [-0.2, -0.15) is 4.98 Å². The van der Waals surface area contributed by atoms with Crippen LogP contribution in [0.3, 0.4) is 0 Å². The summed E-state index contributed by atoms with van der Waals surface area (Å²) in [5, 5.41) is 0. The molecule has 0 aromatic carbocycles. The highest BCUT2D eigenvalue weighted by Crippen LogP contribution is 2.49. The van der Waals surface area contributed by atoms with Crippen LogP contribution in [0.5, 0.6) is 0 Å². The molecule has 22 heavy (non-hydrogen) atoms. The van der Waals surface area contributed by atoms with E-state index in [-0.39, 0.29) is 31.4 Å². The molecule has 0 spiro atoms. The molecule has 122 valence electrons. The number of ether oxygens (including phenoxy) is 1. The van der Waals surface area contributed by atoms with Gasteiger partial charge in [-0.25, -0.2) is 4.79 Å². The third-order valence-electron chi connectivity index (χ3n) is 2.54. The number of hydrogen-bond donors (Lipinski definition) is 1. The zero-order chi connectivity index (χ0) is 16.6. The molecular formula is C11H15ClN3O6P. The van der Waals surface area contributed by atoms with Crippen molar-refractivity contribution in [2.45, 2.75) is 12.6 Å². The van der Waals surface area contributed by atoms with Gasteiger partial charge in [0.05, 0.1) is 13.2 Å². The number of nitrogens with zero attached hydrogens (tertiary/aromatic N) is 2. The molecule has 1 aliphatic heterocycles. The summed E-state index contributed by atoms with van der Waals surface area (Å²) in [4.78, 5) is 15.1. The van der Waals surface area contributed by atoms with Gasteiger partial charge in [-0.1, -0.05) is 6.42 Å². The van der Waals surface area contributed by atoms with Crippen LogP contribution in [0, 0.1) is 12.5 Å². The van der Waals surface area contributed by atoms with Gasteiger partial charge in [0, 0.05) is 13.3 Å². The van der Waals surface area contributed by atoms with Crippen molar-refractivity contribution in [1.82, 2.24) is 9.55 Å². The van der Waals surface area contributed by atoms with Crippen LogP contribution in [-0.4, -0.2) is 35.7 Å². The van der Waals surface area contributed by atoms with E-state index in [0.29, 0.717) is 0 Å². The predicted octanol–water partition coefficient (Wildman–Crippen LogP) is 0.785. The van der Waals surface area contributed by atoms with E-state index >= 15 is 0 Å². The Kier molecular flexibility index (Phi) is 7.38. The second-order valence-corrected chi connectivity index (χ2v) is 6.25. The molecule has 9 nitrogen and oxygen atoms in total. The minimum atomic E-state index is -3.10. The average Bonchev–Trinajstić information content (AvgIpc) is 2.52. The predicted molar refractivity (Wildman–Crippen MR) is 79.0 cm³/mol. The minimum absolute atomic E-state index is 0.0991. The topological polar surface area (TPSA) is 115 Å². The van der Waals surface area contributed by atoms with Crippen LogP contribution in [-0.2, 0) is 29.2 Å². The van der Waals surface area contributed by atoms with E-state index in [1.54, 1.807) is 6.11 Å². The van der Waals surface area contributed by atoms with Crippen LogP contribution in [0.2, 0.25) is 0 Å². The number of nitrogen functional groups attached to an aromatic ring is 1. The van der Waals surface area contributed by atoms with Crippen molar-refractivity contribution in [2.75, 3.05) is 25.8 Å². The van der Waals surface area contributed by atoms with Gasteiger partial charge in [-0.15, -0.1) is 0 Å². The highest BCUT2D eigenvalue weighted by molar-refractivity contribution is 7.53. The second-order valence-electron chi connectivity index (χ2n) is 3.99. The van der Waals surface area contributed by atoms with Crippen molar-refractivity contribution in [3.05, 3.63) is 22.7 Å². The molecule has 0 radical (unpaired) electrons. The first-order valence-corrected chi connectivity index (χ1v) is 7.95. The van der Waals surface area contributed by atoms with Crippen molar-refractivity contribution in [2.24, 2.45) is 0 Å². The summed E-state index contributed by atoms with van der Waals surface area (Å²) < 4.78 is 31.7. The SMILES string of the molecule is C#COCl.COP1(=O)COC(Cn2ccc(N)nc2=O)CO1. The summed E-state index contributed by atoms with van der Waals surface area (Å²) in [6, 6.07) is 1.52. The van der Waals surface area contributed by atoms with Gasteiger partial charge < -0.3 is 23.8 Å². The largest absolute Gasteiger partial charge is 0.383 e. The van der Waals surface area contributed by atoms with Crippen LogP contribution in [0.25, 0.3) is 0 Å². The molecule has 0 saturated carbocycles. The first-order chi connectivity index (χ1) is 10.4. The zero-order valence-electron chi connectivity index (χ0n) is 11.7. The van der Waals surface area contributed by atoms with Crippen molar-refractivity contribution in [3.63, 3.8) is 0 Å². The summed E-state index contributed by atoms with van der Waals surface area (Å²) in [6.07, 6.45) is 7.16. The fourth-order valence-electron chi connectivity index (χ4n) is 1.49. The lowest BCUT2D eigenvalue weighted by atomic mass is 10.3. The average molecular weight is 352 g/mol. The highest BCUT2D eigenvalue weighted by Gasteiger charge is 2.32. The van der Waals surface area contributed by atoms with Gasteiger partial charge in [-0.05, 0) is 6.07 Å². The molecule has 11 heteroatoms.